The summed E-state index contributed by atoms with van der Waals surface area (Å²) in [7, 11) is 2.89. The molecule has 1 aliphatic carbocycles. The Morgan fingerprint density at radius 3 is 2.55 bits per heavy atom. The fourth-order valence-corrected chi connectivity index (χ4v) is 7.75. The van der Waals surface area contributed by atoms with Crippen LogP contribution in [0.1, 0.15) is 82.8 Å². The van der Waals surface area contributed by atoms with E-state index in [-0.39, 0.29) is 30.1 Å². The molecule has 9 heteroatoms. The largest absolute Gasteiger partial charge is 0.455 e. The summed E-state index contributed by atoms with van der Waals surface area (Å²) in [6.45, 7) is 8.77. The number of carbonyl (C=O) groups excluding carboxylic acids is 1. The van der Waals surface area contributed by atoms with Crippen LogP contribution in [0.4, 0.5) is 0 Å². The maximum absolute atomic E-state index is 14.2. The summed E-state index contributed by atoms with van der Waals surface area (Å²) >= 11 is 0. The Balaban J connectivity index is 1.18. The van der Waals surface area contributed by atoms with E-state index < -0.39 is 0 Å². The molecule has 0 bridgehead atoms. The van der Waals surface area contributed by atoms with E-state index in [0.717, 1.165) is 63.1 Å². The van der Waals surface area contributed by atoms with Crippen LogP contribution in [0.5, 0.6) is 0 Å². The number of hydrogen-bond donors (Lipinski definition) is 2. The van der Waals surface area contributed by atoms with E-state index in [1.54, 1.807) is 0 Å². The Labute approximate surface area is 256 Å². The number of benzene rings is 1. The zero-order valence-electron chi connectivity index (χ0n) is 25.8. The lowest BCUT2D eigenvalue weighted by atomic mass is 9.85. The van der Waals surface area contributed by atoms with Crippen molar-refractivity contribution in [3.05, 3.63) is 35.9 Å². The molecule has 1 aromatic rings. The van der Waals surface area contributed by atoms with Gasteiger partial charge in [-0.2, -0.15) is 0 Å². The Kier molecular flexibility index (Phi) is 11.9. The summed E-state index contributed by atoms with van der Waals surface area (Å²) in [4.78, 5) is 26.2. The van der Waals surface area contributed by atoms with Gasteiger partial charge in [-0.3, -0.25) is 4.79 Å². The van der Waals surface area contributed by atoms with Gasteiger partial charge < -0.3 is 30.5 Å². The van der Waals surface area contributed by atoms with Crippen molar-refractivity contribution >= 4 is 21.2 Å². The van der Waals surface area contributed by atoms with Crippen LogP contribution in [-0.4, -0.2) is 103 Å². The number of piperidine rings is 1. The van der Waals surface area contributed by atoms with Crippen LogP contribution in [0.15, 0.2) is 35.3 Å². The van der Waals surface area contributed by atoms with Gasteiger partial charge in [-0.15, -0.1) is 9.24 Å². The number of unbranched alkanes of at least 4 members (excludes halogenated alkanes) is 1. The van der Waals surface area contributed by atoms with Crippen molar-refractivity contribution in [1.82, 2.24) is 20.0 Å². The van der Waals surface area contributed by atoms with Crippen molar-refractivity contribution < 1.29 is 9.53 Å². The third-order valence-corrected chi connectivity index (χ3v) is 10.5. The van der Waals surface area contributed by atoms with Crippen molar-refractivity contribution in [2.24, 2.45) is 16.6 Å². The molecule has 0 radical (unpaired) electrons. The van der Waals surface area contributed by atoms with Gasteiger partial charge in [0.2, 0.25) is 5.91 Å². The van der Waals surface area contributed by atoms with Crippen LogP contribution in [-0.2, 0) is 9.53 Å². The van der Waals surface area contributed by atoms with Crippen molar-refractivity contribution in [1.29, 1.82) is 0 Å². The lowest BCUT2D eigenvalue weighted by Gasteiger charge is -2.43. The number of amides is 1. The Bertz CT molecular complexity index is 998. The molecule has 2 saturated heterocycles. The zero-order chi connectivity index (χ0) is 29.3. The van der Waals surface area contributed by atoms with Crippen LogP contribution < -0.4 is 11.1 Å². The minimum absolute atomic E-state index is 0.0526. The molecular weight excluding hydrogens is 543 g/mol. The van der Waals surface area contributed by atoms with Crippen molar-refractivity contribution in [2.75, 3.05) is 52.0 Å². The molecule has 42 heavy (non-hydrogen) atoms. The topological polar surface area (TPSA) is 86.4 Å². The van der Waals surface area contributed by atoms with Gasteiger partial charge in [-0.05, 0) is 102 Å². The van der Waals surface area contributed by atoms with Crippen molar-refractivity contribution in [2.45, 2.75) is 101 Å². The van der Waals surface area contributed by atoms with Gasteiger partial charge in [0.1, 0.15) is 6.10 Å². The summed E-state index contributed by atoms with van der Waals surface area (Å²) in [5.74, 6) is 0.923. The van der Waals surface area contributed by atoms with Crippen LogP contribution >= 0.6 is 9.24 Å². The first kappa shape index (κ1) is 31.7. The third-order valence-electron chi connectivity index (χ3n) is 10.0. The normalized spacial score (nSPS) is 29.7. The summed E-state index contributed by atoms with van der Waals surface area (Å²) in [5.41, 5.74) is 7.12. The summed E-state index contributed by atoms with van der Waals surface area (Å²) in [6, 6.07) is 11.6. The summed E-state index contributed by atoms with van der Waals surface area (Å²) in [5, 5.41) is 3.86. The number of nitrogens with zero attached hydrogens (tertiary/aromatic N) is 4. The van der Waals surface area contributed by atoms with Gasteiger partial charge in [0.15, 0.2) is 0 Å². The second-order valence-electron chi connectivity index (χ2n) is 13.0. The number of carbonyl (C=O) groups is 1. The molecule has 3 aliphatic heterocycles. The van der Waals surface area contributed by atoms with Gasteiger partial charge >= 0.3 is 0 Å². The standard InChI is InChI=1S/C33H55N6O2P/c1-25-31(27-10-4-2-5-11-27)41-33(35-25)38-20-21-39(29(23-38)24-42)32(40)30(36-28-15-13-26(22-34)14-16-28)12-6-9-19-37-17-7-3-8-18-37/h2,4-5,10-11,25-26,28-31,36H,3,6-9,12-24,34,42H2,1H3/t25-,26?,28?,29-,30+,31+/m0/s1. The molecule has 0 spiro atoms. The molecule has 3 fully saturated rings. The van der Waals surface area contributed by atoms with Gasteiger partial charge in [0.05, 0.1) is 18.1 Å². The molecule has 0 aromatic heterocycles. The molecule has 1 unspecified atom stereocenters. The predicted molar refractivity (Wildman–Crippen MR) is 175 cm³/mol. The number of nitrogens with one attached hydrogen (secondary N) is 1. The number of rotatable bonds is 11. The molecule has 1 aromatic carbocycles. The molecule has 4 aliphatic rings. The van der Waals surface area contributed by atoms with Gasteiger partial charge in [0.25, 0.3) is 6.02 Å². The SMILES string of the molecule is C[C@@H]1N=C(N2CCN(C(=O)[C@@H](CCCCN3CCCCC3)NC3CCC(CN)CC3)[C@H](CP)C2)O[C@H]1c1ccccc1. The fourth-order valence-electron chi connectivity index (χ4n) is 7.35. The van der Waals surface area contributed by atoms with E-state index in [0.29, 0.717) is 18.5 Å². The van der Waals surface area contributed by atoms with Crippen molar-refractivity contribution in [3.8, 4) is 0 Å². The number of aliphatic imine (C=N–C) groups is 1. The van der Waals surface area contributed by atoms with Crippen molar-refractivity contribution in [3.63, 3.8) is 0 Å². The quantitative estimate of drug-likeness (QED) is 0.296. The fraction of sp³-hybridized carbons (Fsp3) is 0.758. The monoisotopic (exact) mass is 598 g/mol. The first-order valence-corrected chi connectivity index (χ1v) is 17.6. The van der Waals surface area contributed by atoms with E-state index in [1.165, 1.54) is 58.2 Å². The maximum atomic E-state index is 14.2. The number of likely N-dealkylation sites (tertiary alicyclic amines) is 1. The highest BCUT2D eigenvalue weighted by Crippen LogP contribution is 2.31. The summed E-state index contributed by atoms with van der Waals surface area (Å²) < 4.78 is 6.41. The second-order valence-corrected chi connectivity index (χ2v) is 13.5. The number of piperazine rings is 1. The number of hydrogen-bond acceptors (Lipinski definition) is 7. The highest BCUT2D eigenvalue weighted by Gasteiger charge is 2.38. The molecule has 234 valence electrons. The first-order valence-electron chi connectivity index (χ1n) is 16.8. The highest BCUT2D eigenvalue weighted by molar-refractivity contribution is 7.16. The maximum Gasteiger partial charge on any atom is 0.288 e. The minimum atomic E-state index is -0.112. The molecule has 1 saturated carbocycles. The number of ether oxygens (including phenoxy) is 1. The highest BCUT2D eigenvalue weighted by atomic mass is 31.0. The van der Waals surface area contributed by atoms with E-state index in [2.05, 4.69) is 60.4 Å². The molecule has 3 N–H and O–H groups in total. The number of nitrogens with two attached hydrogens (primary N) is 1. The van der Waals surface area contributed by atoms with E-state index >= 15 is 0 Å². The molecule has 5 atom stereocenters. The Morgan fingerprint density at radius 2 is 1.83 bits per heavy atom. The average Bonchev–Trinajstić information content (AvgIpc) is 3.44. The Hall–Kier alpha value is -1.73. The van der Waals surface area contributed by atoms with Gasteiger partial charge in [0, 0.05) is 25.7 Å². The van der Waals surface area contributed by atoms with Crippen LogP contribution in [0.25, 0.3) is 0 Å². The molecular formula is C33H55N6O2P. The van der Waals surface area contributed by atoms with E-state index in [4.69, 9.17) is 15.5 Å². The van der Waals surface area contributed by atoms with Crippen LogP contribution in [0, 0.1) is 5.92 Å². The third kappa shape index (κ3) is 8.25. The lowest BCUT2D eigenvalue weighted by molar-refractivity contribution is -0.138. The minimum Gasteiger partial charge on any atom is -0.455 e. The Morgan fingerprint density at radius 1 is 1.07 bits per heavy atom. The predicted octanol–water partition coefficient (Wildman–Crippen LogP) is 4.02. The molecule has 5 rings (SSSR count). The van der Waals surface area contributed by atoms with E-state index in [9.17, 15) is 4.79 Å². The number of amidine groups is 1. The summed E-state index contributed by atoms with van der Waals surface area (Å²) in [6.07, 6.45) is 12.6. The molecule has 3 heterocycles. The van der Waals surface area contributed by atoms with Crippen LogP contribution in [0.2, 0.25) is 0 Å². The van der Waals surface area contributed by atoms with Gasteiger partial charge in [-0.25, -0.2) is 4.99 Å². The zero-order valence-corrected chi connectivity index (χ0v) is 27.0. The molecule has 8 nitrogen and oxygen atoms in total. The van der Waals surface area contributed by atoms with E-state index in [1.807, 2.05) is 6.07 Å². The smallest absolute Gasteiger partial charge is 0.288 e. The molecule has 1 amide bonds. The van der Waals surface area contributed by atoms with Crippen LogP contribution in [0.3, 0.4) is 0 Å². The first-order chi connectivity index (χ1) is 20.6. The second kappa shape index (κ2) is 15.8. The average molecular weight is 599 g/mol. The van der Waals surface area contributed by atoms with Gasteiger partial charge in [-0.1, -0.05) is 43.2 Å². The lowest BCUT2D eigenvalue weighted by Crippen LogP contribution is -2.61.